The van der Waals surface area contributed by atoms with Crippen LogP contribution in [0.2, 0.25) is 0 Å². The Morgan fingerprint density at radius 1 is 1.19 bits per heavy atom. The highest BCUT2D eigenvalue weighted by molar-refractivity contribution is 9.13. The molecule has 2 aromatic carbocycles. The molecule has 164 valence electrons. The van der Waals surface area contributed by atoms with Crippen molar-refractivity contribution in [2.45, 2.75) is 40.2 Å². The molecule has 0 N–H and O–H groups in total. The van der Waals surface area contributed by atoms with Gasteiger partial charge in [-0.05, 0) is 83.3 Å². The SMILES string of the molecule is CCOc1cc(C=Nn2c(C)nc3ccc(Br)cc3c2=O)c(Br)c(Br)c1O[C@@H](C)CC. The Hall–Kier alpha value is -1.71. The van der Waals surface area contributed by atoms with Gasteiger partial charge in [0.2, 0.25) is 0 Å². The third-order valence-electron chi connectivity index (χ3n) is 4.63. The van der Waals surface area contributed by atoms with Crippen LogP contribution in [0.4, 0.5) is 0 Å². The van der Waals surface area contributed by atoms with E-state index in [0.717, 1.165) is 25.4 Å². The molecule has 0 unspecified atom stereocenters. The maximum atomic E-state index is 13.0. The highest BCUT2D eigenvalue weighted by Crippen LogP contribution is 2.43. The van der Waals surface area contributed by atoms with Gasteiger partial charge in [-0.15, -0.1) is 0 Å². The fourth-order valence-corrected chi connectivity index (χ4v) is 4.15. The Bertz CT molecular complexity index is 1210. The maximum Gasteiger partial charge on any atom is 0.282 e. The predicted octanol–water partition coefficient (Wildman–Crippen LogP) is 6.45. The van der Waals surface area contributed by atoms with Crippen molar-refractivity contribution in [2.24, 2.45) is 5.10 Å². The zero-order valence-electron chi connectivity index (χ0n) is 17.6. The van der Waals surface area contributed by atoms with Crippen LogP contribution in [-0.4, -0.2) is 28.6 Å². The standard InChI is InChI=1S/C22H22Br3N3O3/c1-5-12(3)31-21-18(30-6-2)9-14(19(24)20(21)25)11-26-28-13(4)27-17-8-7-15(23)10-16(17)22(28)29/h7-12H,5-6H2,1-4H3/t12-/m0/s1. The highest BCUT2D eigenvalue weighted by atomic mass is 79.9. The average Bonchev–Trinajstić information content (AvgIpc) is 2.74. The summed E-state index contributed by atoms with van der Waals surface area (Å²) in [5.41, 5.74) is 1.12. The summed E-state index contributed by atoms with van der Waals surface area (Å²) in [4.78, 5) is 17.5. The summed E-state index contributed by atoms with van der Waals surface area (Å²) in [6.45, 7) is 8.22. The largest absolute Gasteiger partial charge is 0.490 e. The van der Waals surface area contributed by atoms with Gasteiger partial charge in [-0.1, -0.05) is 22.9 Å². The number of hydrogen-bond donors (Lipinski definition) is 0. The van der Waals surface area contributed by atoms with Gasteiger partial charge in [-0.3, -0.25) is 4.79 Å². The van der Waals surface area contributed by atoms with Gasteiger partial charge in [0.15, 0.2) is 11.5 Å². The average molecular weight is 616 g/mol. The molecular weight excluding hydrogens is 594 g/mol. The molecule has 3 aromatic rings. The van der Waals surface area contributed by atoms with Gasteiger partial charge in [-0.2, -0.15) is 9.78 Å². The molecule has 0 bridgehead atoms. The van der Waals surface area contributed by atoms with Crippen LogP contribution < -0.4 is 15.0 Å². The molecule has 9 heteroatoms. The van der Waals surface area contributed by atoms with E-state index in [4.69, 9.17) is 9.47 Å². The van der Waals surface area contributed by atoms with Crippen LogP contribution >= 0.6 is 47.8 Å². The third-order valence-corrected chi connectivity index (χ3v) is 7.27. The lowest BCUT2D eigenvalue weighted by atomic mass is 10.2. The fraction of sp³-hybridized carbons (Fsp3) is 0.318. The first-order chi connectivity index (χ1) is 14.8. The van der Waals surface area contributed by atoms with Gasteiger partial charge in [0.05, 0.1) is 34.3 Å². The first kappa shape index (κ1) is 23.9. The van der Waals surface area contributed by atoms with E-state index in [9.17, 15) is 4.79 Å². The van der Waals surface area contributed by atoms with Gasteiger partial charge in [-0.25, -0.2) is 4.98 Å². The fourth-order valence-electron chi connectivity index (χ4n) is 2.87. The number of nitrogens with zero attached hydrogens (tertiary/aromatic N) is 3. The summed E-state index contributed by atoms with van der Waals surface area (Å²) in [5.74, 6) is 1.72. The zero-order chi connectivity index (χ0) is 22.7. The van der Waals surface area contributed by atoms with Crippen LogP contribution in [0.15, 0.2) is 47.6 Å². The zero-order valence-corrected chi connectivity index (χ0v) is 22.3. The molecule has 3 rings (SSSR count). The van der Waals surface area contributed by atoms with Gasteiger partial charge < -0.3 is 9.47 Å². The minimum atomic E-state index is -0.239. The van der Waals surface area contributed by atoms with E-state index >= 15 is 0 Å². The second kappa shape index (κ2) is 10.3. The second-order valence-electron chi connectivity index (χ2n) is 6.87. The van der Waals surface area contributed by atoms with E-state index < -0.39 is 0 Å². The number of rotatable bonds is 7. The normalized spacial score (nSPS) is 12.5. The van der Waals surface area contributed by atoms with E-state index in [1.54, 1.807) is 25.3 Å². The molecule has 0 aliphatic carbocycles. The van der Waals surface area contributed by atoms with E-state index in [1.165, 1.54) is 4.68 Å². The van der Waals surface area contributed by atoms with Crippen LogP contribution in [0.1, 0.15) is 38.6 Å². The summed E-state index contributed by atoms with van der Waals surface area (Å²) in [6.07, 6.45) is 2.50. The Morgan fingerprint density at radius 3 is 2.61 bits per heavy atom. The molecule has 6 nitrogen and oxygen atoms in total. The maximum absolute atomic E-state index is 13.0. The molecule has 0 amide bonds. The summed E-state index contributed by atoms with van der Waals surface area (Å²) < 4.78 is 15.4. The molecule has 0 fully saturated rings. The summed E-state index contributed by atoms with van der Waals surface area (Å²) >= 11 is 10.6. The minimum absolute atomic E-state index is 0.0335. The highest BCUT2D eigenvalue weighted by Gasteiger charge is 2.19. The van der Waals surface area contributed by atoms with Crippen LogP contribution in [0, 0.1) is 6.92 Å². The summed E-state index contributed by atoms with van der Waals surface area (Å²) in [6, 6.07) is 7.25. The molecule has 1 aromatic heterocycles. The Labute approximate surface area is 206 Å². The number of halogens is 3. The van der Waals surface area contributed by atoms with Gasteiger partial charge in [0.25, 0.3) is 5.56 Å². The van der Waals surface area contributed by atoms with Crippen LogP contribution in [0.5, 0.6) is 11.5 Å². The molecule has 1 atom stereocenters. The van der Waals surface area contributed by atoms with Crippen molar-refractivity contribution >= 4 is 64.9 Å². The van der Waals surface area contributed by atoms with Gasteiger partial charge in [0.1, 0.15) is 5.82 Å². The number of hydrogen-bond acceptors (Lipinski definition) is 5. The molecule has 31 heavy (non-hydrogen) atoms. The van der Waals surface area contributed by atoms with Crippen molar-refractivity contribution in [2.75, 3.05) is 6.61 Å². The lowest BCUT2D eigenvalue weighted by Gasteiger charge is -2.19. The number of ether oxygens (including phenoxy) is 2. The van der Waals surface area contributed by atoms with Crippen molar-refractivity contribution in [1.29, 1.82) is 0 Å². The van der Waals surface area contributed by atoms with E-state index in [1.807, 2.05) is 26.0 Å². The Morgan fingerprint density at radius 2 is 1.94 bits per heavy atom. The third kappa shape index (κ3) is 5.21. The number of benzene rings is 2. The molecule has 0 aliphatic rings. The van der Waals surface area contributed by atoms with Gasteiger partial charge in [0, 0.05) is 14.5 Å². The predicted molar refractivity (Wildman–Crippen MR) is 135 cm³/mol. The van der Waals surface area contributed by atoms with Crippen molar-refractivity contribution < 1.29 is 9.47 Å². The van der Waals surface area contributed by atoms with Crippen LogP contribution in [0.25, 0.3) is 10.9 Å². The first-order valence-corrected chi connectivity index (χ1v) is 12.2. The van der Waals surface area contributed by atoms with E-state index in [0.29, 0.717) is 34.8 Å². The first-order valence-electron chi connectivity index (χ1n) is 9.81. The van der Waals surface area contributed by atoms with Crippen molar-refractivity contribution in [3.8, 4) is 11.5 Å². The van der Waals surface area contributed by atoms with Crippen molar-refractivity contribution in [3.63, 3.8) is 0 Å². The van der Waals surface area contributed by atoms with Crippen LogP contribution in [0.3, 0.4) is 0 Å². The molecule has 0 saturated heterocycles. The molecule has 0 radical (unpaired) electrons. The second-order valence-corrected chi connectivity index (χ2v) is 9.37. The number of aromatic nitrogens is 2. The monoisotopic (exact) mass is 613 g/mol. The molecule has 0 aliphatic heterocycles. The Kier molecular flexibility index (Phi) is 7.93. The van der Waals surface area contributed by atoms with Gasteiger partial charge >= 0.3 is 0 Å². The van der Waals surface area contributed by atoms with E-state index in [2.05, 4.69) is 64.8 Å². The molecule has 0 spiro atoms. The minimum Gasteiger partial charge on any atom is -0.490 e. The Balaban J connectivity index is 2.09. The van der Waals surface area contributed by atoms with E-state index in [-0.39, 0.29) is 11.7 Å². The molecular formula is C22H22Br3N3O3. The molecule has 1 heterocycles. The topological polar surface area (TPSA) is 65.7 Å². The van der Waals surface area contributed by atoms with Crippen LogP contribution in [-0.2, 0) is 0 Å². The summed E-state index contributed by atoms with van der Waals surface area (Å²) in [7, 11) is 0. The van der Waals surface area contributed by atoms with Crippen molar-refractivity contribution in [3.05, 3.63) is 59.4 Å². The summed E-state index contributed by atoms with van der Waals surface area (Å²) in [5, 5.41) is 4.91. The lowest BCUT2D eigenvalue weighted by Crippen LogP contribution is -2.20. The van der Waals surface area contributed by atoms with Crippen molar-refractivity contribution in [1.82, 2.24) is 9.66 Å². The smallest absolute Gasteiger partial charge is 0.282 e. The number of aryl methyl sites for hydroxylation is 1. The quantitative estimate of drug-likeness (QED) is 0.287. The lowest BCUT2D eigenvalue weighted by molar-refractivity contribution is 0.201. The number of fused-ring (bicyclic) bond motifs is 1. The molecule has 0 saturated carbocycles.